The summed E-state index contributed by atoms with van der Waals surface area (Å²) in [5.74, 6) is 5.91. The van der Waals surface area contributed by atoms with Crippen LogP contribution >= 0.6 is 12.4 Å². The minimum atomic E-state index is -0.397. The molecule has 0 heterocycles. The van der Waals surface area contributed by atoms with Crippen LogP contribution in [0.2, 0.25) is 0 Å². The predicted octanol–water partition coefficient (Wildman–Crippen LogP) is 3.73. The van der Waals surface area contributed by atoms with Gasteiger partial charge >= 0.3 is 0 Å². The smallest absolute Gasteiger partial charge is 0.268 e. The van der Waals surface area contributed by atoms with Gasteiger partial charge in [0.05, 0.1) is 5.56 Å². The molecular weight excluding hydrogens is 300 g/mol. The fraction of sp³-hybridized carbons (Fsp3) is 0.588. The Morgan fingerprint density at radius 1 is 1.05 bits per heavy atom. The van der Waals surface area contributed by atoms with E-state index in [4.69, 9.17) is 5.84 Å². The maximum atomic E-state index is 12.0. The first kappa shape index (κ1) is 17.1. The molecule has 2 aliphatic rings. The van der Waals surface area contributed by atoms with Gasteiger partial charge in [0, 0.05) is 0 Å². The number of nitrogens with one attached hydrogen (secondary N) is 1. The maximum absolute atomic E-state index is 12.0. The lowest BCUT2D eigenvalue weighted by molar-refractivity contribution is 0.0950. The summed E-state index contributed by atoms with van der Waals surface area (Å²) in [5, 5.41) is 10.5. The summed E-state index contributed by atoms with van der Waals surface area (Å²) in [4.78, 5) is 12.0. The normalized spacial score (nSPS) is 19.1. The number of amides is 1. The Morgan fingerprint density at radius 3 is 2.14 bits per heavy atom. The van der Waals surface area contributed by atoms with Crippen molar-refractivity contribution in [2.75, 3.05) is 0 Å². The molecule has 2 aliphatic carbocycles. The minimum absolute atomic E-state index is 0. The molecule has 0 saturated heterocycles. The summed E-state index contributed by atoms with van der Waals surface area (Å²) in [6.45, 7) is 0. The zero-order valence-corrected chi connectivity index (χ0v) is 13.6. The van der Waals surface area contributed by atoms with Gasteiger partial charge in [0.15, 0.2) is 0 Å². The van der Waals surface area contributed by atoms with Crippen LogP contribution < -0.4 is 11.3 Å². The van der Waals surface area contributed by atoms with E-state index in [1.54, 1.807) is 0 Å². The number of rotatable bonds is 3. The van der Waals surface area contributed by atoms with Crippen LogP contribution in [-0.4, -0.2) is 11.0 Å². The topological polar surface area (TPSA) is 75.3 Å². The van der Waals surface area contributed by atoms with Crippen LogP contribution in [0.3, 0.4) is 0 Å². The number of nitrogens with two attached hydrogens (primary N) is 1. The summed E-state index contributed by atoms with van der Waals surface area (Å²) < 4.78 is 0. The predicted molar refractivity (Wildman–Crippen MR) is 89.4 cm³/mol. The first-order valence-electron chi connectivity index (χ1n) is 8.08. The second-order valence-electron chi connectivity index (χ2n) is 6.44. The number of carbonyl (C=O) groups is 1. The van der Waals surface area contributed by atoms with Gasteiger partial charge < -0.3 is 5.11 Å². The fourth-order valence-electron chi connectivity index (χ4n) is 3.97. The molecule has 0 unspecified atom stereocenters. The molecule has 1 aromatic rings. The number of aromatic hydroxyl groups is 1. The summed E-state index contributed by atoms with van der Waals surface area (Å²) >= 11 is 0. The number of hydrogen-bond acceptors (Lipinski definition) is 3. The zero-order valence-electron chi connectivity index (χ0n) is 12.8. The molecular formula is C17H25ClN2O2. The van der Waals surface area contributed by atoms with Crippen LogP contribution in [-0.2, 0) is 0 Å². The lowest BCUT2D eigenvalue weighted by Gasteiger charge is -2.19. The first-order chi connectivity index (χ1) is 10.2. The highest BCUT2D eigenvalue weighted by Gasteiger charge is 2.27. The van der Waals surface area contributed by atoms with E-state index in [1.165, 1.54) is 44.1 Å². The van der Waals surface area contributed by atoms with E-state index in [1.807, 2.05) is 6.07 Å². The van der Waals surface area contributed by atoms with Gasteiger partial charge in [-0.2, -0.15) is 0 Å². The maximum Gasteiger partial charge on any atom is 0.268 e. The van der Waals surface area contributed by atoms with Crippen molar-refractivity contribution in [2.45, 2.75) is 63.2 Å². The molecule has 5 heteroatoms. The largest absolute Gasteiger partial charge is 0.507 e. The Kier molecular flexibility index (Phi) is 5.70. The van der Waals surface area contributed by atoms with Crippen molar-refractivity contribution >= 4 is 18.3 Å². The van der Waals surface area contributed by atoms with E-state index < -0.39 is 5.91 Å². The van der Waals surface area contributed by atoms with Crippen molar-refractivity contribution < 1.29 is 9.90 Å². The van der Waals surface area contributed by atoms with Gasteiger partial charge in [-0.3, -0.25) is 10.2 Å². The Morgan fingerprint density at radius 2 is 1.59 bits per heavy atom. The van der Waals surface area contributed by atoms with E-state index in [9.17, 15) is 9.90 Å². The summed E-state index contributed by atoms with van der Waals surface area (Å²) in [7, 11) is 0. The highest BCUT2D eigenvalue weighted by atomic mass is 35.5. The number of phenols is 1. The van der Waals surface area contributed by atoms with Gasteiger partial charge in [-0.05, 0) is 54.7 Å². The molecule has 0 bridgehead atoms. The van der Waals surface area contributed by atoms with Crippen LogP contribution in [0.25, 0.3) is 0 Å². The Labute approximate surface area is 137 Å². The number of halogens is 1. The third-order valence-electron chi connectivity index (χ3n) is 5.16. The molecule has 3 rings (SSSR count). The molecule has 0 aliphatic heterocycles. The van der Waals surface area contributed by atoms with Gasteiger partial charge in [-0.25, -0.2) is 5.84 Å². The summed E-state index contributed by atoms with van der Waals surface area (Å²) in [5.41, 5.74) is 4.65. The van der Waals surface area contributed by atoms with E-state index in [0.29, 0.717) is 17.4 Å². The molecule has 0 aromatic heterocycles. The van der Waals surface area contributed by atoms with Crippen LogP contribution in [0.15, 0.2) is 12.1 Å². The molecule has 2 fully saturated rings. The average molecular weight is 325 g/mol. The van der Waals surface area contributed by atoms with Gasteiger partial charge in [0.2, 0.25) is 0 Å². The molecule has 0 atom stereocenters. The average Bonchev–Trinajstić information content (AvgIpc) is 3.19. The van der Waals surface area contributed by atoms with Crippen molar-refractivity contribution in [1.82, 2.24) is 5.43 Å². The third kappa shape index (κ3) is 3.23. The molecule has 22 heavy (non-hydrogen) atoms. The number of hydrogen-bond donors (Lipinski definition) is 3. The van der Waals surface area contributed by atoms with Gasteiger partial charge in [0.1, 0.15) is 5.75 Å². The highest BCUT2D eigenvalue weighted by Crippen LogP contribution is 2.43. The van der Waals surface area contributed by atoms with Crippen molar-refractivity contribution in [1.29, 1.82) is 0 Å². The van der Waals surface area contributed by atoms with Gasteiger partial charge in [0.25, 0.3) is 5.91 Å². The van der Waals surface area contributed by atoms with Crippen molar-refractivity contribution in [3.05, 3.63) is 28.8 Å². The molecule has 4 N–H and O–H groups in total. The molecule has 4 nitrogen and oxygen atoms in total. The molecule has 1 amide bonds. The van der Waals surface area contributed by atoms with E-state index in [0.717, 1.165) is 18.4 Å². The first-order valence-corrected chi connectivity index (χ1v) is 8.08. The fourth-order valence-corrected chi connectivity index (χ4v) is 3.97. The number of benzene rings is 1. The Hall–Kier alpha value is -1.26. The SMILES string of the molecule is Cl.NNC(=O)c1cc(C2CCCC2)cc(C2CCCC2)c1O. The van der Waals surface area contributed by atoms with Gasteiger partial charge in [-0.15, -0.1) is 12.4 Å². The van der Waals surface area contributed by atoms with Crippen molar-refractivity contribution in [3.63, 3.8) is 0 Å². The summed E-state index contributed by atoms with van der Waals surface area (Å²) in [6, 6.07) is 3.99. The van der Waals surface area contributed by atoms with Crippen LogP contribution in [0.4, 0.5) is 0 Å². The third-order valence-corrected chi connectivity index (χ3v) is 5.16. The van der Waals surface area contributed by atoms with Gasteiger partial charge in [-0.1, -0.05) is 31.7 Å². The molecule has 1 aromatic carbocycles. The lowest BCUT2D eigenvalue weighted by atomic mass is 9.87. The van der Waals surface area contributed by atoms with Crippen LogP contribution in [0.5, 0.6) is 5.75 Å². The van der Waals surface area contributed by atoms with Crippen LogP contribution in [0, 0.1) is 0 Å². The van der Waals surface area contributed by atoms with Crippen LogP contribution in [0.1, 0.15) is 84.7 Å². The second kappa shape index (κ2) is 7.34. The zero-order chi connectivity index (χ0) is 14.8. The van der Waals surface area contributed by atoms with Crippen molar-refractivity contribution in [3.8, 4) is 5.75 Å². The molecule has 2 saturated carbocycles. The minimum Gasteiger partial charge on any atom is -0.507 e. The number of nitrogen functional groups attached to an aromatic ring is 1. The quantitative estimate of drug-likeness (QED) is 0.450. The second-order valence-corrected chi connectivity index (χ2v) is 6.44. The molecule has 0 radical (unpaired) electrons. The monoisotopic (exact) mass is 324 g/mol. The number of hydrazine groups is 1. The molecule has 0 spiro atoms. The summed E-state index contributed by atoms with van der Waals surface area (Å²) in [6.07, 6.45) is 9.48. The van der Waals surface area contributed by atoms with E-state index >= 15 is 0 Å². The standard InChI is InChI=1S/C17H24N2O2.ClH/c18-19-17(21)15-10-13(11-5-1-2-6-11)9-14(16(15)20)12-7-3-4-8-12;/h9-12,20H,1-8,18H2,(H,19,21);1H. The molecule has 122 valence electrons. The Balaban J connectivity index is 0.00000176. The Bertz CT molecular complexity index is 536. The lowest BCUT2D eigenvalue weighted by Crippen LogP contribution is -2.30. The highest BCUT2D eigenvalue weighted by molar-refractivity contribution is 5.97. The van der Waals surface area contributed by atoms with Crippen molar-refractivity contribution in [2.24, 2.45) is 5.84 Å². The number of phenolic OH excluding ortho intramolecular Hbond substituents is 1. The van der Waals surface area contributed by atoms with E-state index in [2.05, 4.69) is 11.5 Å². The number of carbonyl (C=O) groups excluding carboxylic acids is 1. The van der Waals surface area contributed by atoms with E-state index in [-0.39, 0.29) is 18.2 Å².